The molecule has 0 unspecified atom stereocenters. The number of ether oxygens (including phenoxy) is 1. The van der Waals surface area contributed by atoms with Crippen molar-refractivity contribution in [1.29, 1.82) is 0 Å². The normalized spacial score (nSPS) is 10.4. The van der Waals surface area contributed by atoms with Gasteiger partial charge in [-0.25, -0.2) is 14.8 Å². The molecule has 0 aliphatic rings. The highest BCUT2D eigenvalue weighted by Gasteiger charge is 2.12. The number of anilines is 4. The van der Waals surface area contributed by atoms with Gasteiger partial charge in [-0.3, -0.25) is 0 Å². The third-order valence-corrected chi connectivity index (χ3v) is 4.19. The predicted molar refractivity (Wildman–Crippen MR) is 107 cm³/mol. The first-order chi connectivity index (χ1) is 13.0. The van der Waals surface area contributed by atoms with Gasteiger partial charge in [-0.05, 0) is 44.0 Å². The average molecular weight is 362 g/mol. The van der Waals surface area contributed by atoms with Gasteiger partial charge in [-0.1, -0.05) is 29.8 Å². The van der Waals surface area contributed by atoms with Gasteiger partial charge in [0, 0.05) is 11.8 Å². The van der Waals surface area contributed by atoms with Crippen molar-refractivity contribution in [2.45, 2.75) is 20.8 Å². The zero-order chi connectivity index (χ0) is 19.4. The summed E-state index contributed by atoms with van der Waals surface area (Å²) < 4.78 is 4.83. The van der Waals surface area contributed by atoms with Crippen LogP contribution in [0.4, 0.5) is 23.0 Å². The fourth-order valence-corrected chi connectivity index (χ4v) is 3.02. The molecule has 0 radical (unpaired) electrons. The molecule has 0 fully saturated rings. The summed E-state index contributed by atoms with van der Waals surface area (Å²) in [7, 11) is 1.36. The number of aromatic nitrogens is 2. The van der Waals surface area contributed by atoms with E-state index in [0.717, 1.165) is 16.8 Å². The first-order valence-electron chi connectivity index (χ1n) is 8.59. The Labute approximate surface area is 158 Å². The molecule has 6 nitrogen and oxygen atoms in total. The second kappa shape index (κ2) is 7.86. The minimum absolute atomic E-state index is 0.406. The minimum atomic E-state index is -0.406. The van der Waals surface area contributed by atoms with Crippen molar-refractivity contribution < 1.29 is 9.53 Å². The van der Waals surface area contributed by atoms with Crippen molar-refractivity contribution in [2.24, 2.45) is 0 Å². The van der Waals surface area contributed by atoms with Crippen molar-refractivity contribution in [1.82, 2.24) is 9.97 Å². The molecule has 1 heterocycles. The number of nitrogens with zero attached hydrogens (tertiary/aromatic N) is 2. The van der Waals surface area contributed by atoms with Crippen molar-refractivity contribution >= 4 is 29.0 Å². The van der Waals surface area contributed by atoms with Crippen LogP contribution in [-0.4, -0.2) is 23.0 Å². The molecule has 2 aromatic carbocycles. The van der Waals surface area contributed by atoms with Crippen LogP contribution < -0.4 is 10.6 Å². The molecule has 0 saturated heterocycles. The number of esters is 1. The summed E-state index contributed by atoms with van der Waals surface area (Å²) in [6.45, 7) is 6.21. The molecular weight excluding hydrogens is 340 g/mol. The van der Waals surface area contributed by atoms with Crippen molar-refractivity contribution in [2.75, 3.05) is 17.7 Å². The Morgan fingerprint density at radius 1 is 0.926 bits per heavy atom. The van der Waals surface area contributed by atoms with Gasteiger partial charge >= 0.3 is 5.97 Å². The quantitative estimate of drug-likeness (QED) is 0.642. The number of hydrogen-bond donors (Lipinski definition) is 2. The second-order valence-corrected chi connectivity index (χ2v) is 6.35. The molecule has 0 aliphatic heterocycles. The average Bonchev–Trinajstić information content (AvgIpc) is 2.65. The predicted octanol–water partition coefficient (Wildman–Crippen LogP) is 4.68. The maximum Gasteiger partial charge on any atom is 0.339 e. The molecule has 0 atom stereocenters. The van der Waals surface area contributed by atoms with Crippen LogP contribution in [0.15, 0.2) is 48.8 Å². The van der Waals surface area contributed by atoms with Gasteiger partial charge in [0.2, 0.25) is 0 Å². The summed E-state index contributed by atoms with van der Waals surface area (Å²) in [6, 6.07) is 13.2. The Morgan fingerprint density at radius 3 is 2.22 bits per heavy atom. The Kier molecular flexibility index (Phi) is 5.35. The molecule has 3 aromatic rings. The molecule has 0 aliphatic carbocycles. The first-order valence-corrected chi connectivity index (χ1v) is 8.59. The lowest BCUT2D eigenvalue weighted by atomic mass is 10.1. The number of para-hydroxylation sites is 1. The summed E-state index contributed by atoms with van der Waals surface area (Å²) in [4.78, 5) is 20.5. The lowest BCUT2D eigenvalue weighted by Gasteiger charge is -2.14. The highest BCUT2D eigenvalue weighted by Crippen LogP contribution is 2.26. The summed E-state index contributed by atoms with van der Waals surface area (Å²) >= 11 is 0. The largest absolute Gasteiger partial charge is 0.465 e. The van der Waals surface area contributed by atoms with E-state index in [9.17, 15) is 4.79 Å². The molecule has 138 valence electrons. The van der Waals surface area contributed by atoms with Gasteiger partial charge in [0.05, 0.1) is 18.4 Å². The van der Waals surface area contributed by atoms with Gasteiger partial charge < -0.3 is 15.4 Å². The smallest absolute Gasteiger partial charge is 0.339 e. The Morgan fingerprint density at radius 2 is 1.56 bits per heavy atom. The van der Waals surface area contributed by atoms with Crippen LogP contribution in [0.1, 0.15) is 27.0 Å². The number of hydrogen-bond acceptors (Lipinski definition) is 6. The van der Waals surface area contributed by atoms with Crippen LogP contribution in [0.2, 0.25) is 0 Å². The molecule has 27 heavy (non-hydrogen) atoms. The van der Waals surface area contributed by atoms with Crippen LogP contribution in [0.5, 0.6) is 0 Å². The Balaban J connectivity index is 1.87. The minimum Gasteiger partial charge on any atom is -0.465 e. The standard InChI is InChI=1S/C21H22N4O2/c1-13-9-14(2)20(15(3)10-13)25-19-11-18(22-12-23-19)24-17-8-6-5-7-16(17)21(26)27-4/h5-12H,1-4H3,(H2,22,23,24,25). The second-order valence-electron chi connectivity index (χ2n) is 6.35. The Hall–Kier alpha value is -3.41. The number of benzene rings is 2. The number of rotatable bonds is 5. The maximum atomic E-state index is 11.9. The van der Waals surface area contributed by atoms with E-state index in [2.05, 4.69) is 53.5 Å². The van der Waals surface area contributed by atoms with Crippen LogP contribution in [0.3, 0.4) is 0 Å². The third kappa shape index (κ3) is 4.23. The molecule has 2 N–H and O–H groups in total. The molecule has 0 spiro atoms. The number of nitrogens with one attached hydrogen (secondary N) is 2. The van der Waals surface area contributed by atoms with E-state index in [1.54, 1.807) is 24.3 Å². The fraction of sp³-hybridized carbons (Fsp3) is 0.190. The summed E-state index contributed by atoms with van der Waals surface area (Å²) in [5, 5.41) is 6.52. The molecule has 0 bridgehead atoms. The zero-order valence-corrected chi connectivity index (χ0v) is 15.8. The molecule has 3 rings (SSSR count). The van der Waals surface area contributed by atoms with Gasteiger partial charge in [0.15, 0.2) is 0 Å². The number of methoxy groups -OCH3 is 1. The van der Waals surface area contributed by atoms with E-state index < -0.39 is 5.97 Å². The molecule has 0 saturated carbocycles. The lowest BCUT2D eigenvalue weighted by molar-refractivity contribution is 0.0602. The van der Waals surface area contributed by atoms with E-state index in [1.165, 1.54) is 19.0 Å². The van der Waals surface area contributed by atoms with Gasteiger partial charge in [0.1, 0.15) is 18.0 Å². The van der Waals surface area contributed by atoms with E-state index in [4.69, 9.17) is 4.74 Å². The zero-order valence-electron chi connectivity index (χ0n) is 15.8. The molecular formula is C21H22N4O2. The fourth-order valence-electron chi connectivity index (χ4n) is 3.02. The van der Waals surface area contributed by atoms with Crippen molar-refractivity contribution in [3.05, 3.63) is 71.0 Å². The van der Waals surface area contributed by atoms with Crippen LogP contribution >= 0.6 is 0 Å². The Bertz CT molecular complexity index is 962. The third-order valence-electron chi connectivity index (χ3n) is 4.19. The van der Waals surface area contributed by atoms with E-state index in [-0.39, 0.29) is 0 Å². The monoisotopic (exact) mass is 362 g/mol. The summed E-state index contributed by atoms with van der Waals surface area (Å²) in [6.07, 6.45) is 1.48. The van der Waals surface area contributed by atoms with Gasteiger partial charge in [0.25, 0.3) is 0 Å². The van der Waals surface area contributed by atoms with Gasteiger partial charge in [-0.15, -0.1) is 0 Å². The van der Waals surface area contributed by atoms with Crippen LogP contribution in [-0.2, 0) is 4.74 Å². The topological polar surface area (TPSA) is 76.1 Å². The first kappa shape index (κ1) is 18.4. The van der Waals surface area contributed by atoms with Gasteiger partial charge in [-0.2, -0.15) is 0 Å². The van der Waals surface area contributed by atoms with Crippen LogP contribution in [0, 0.1) is 20.8 Å². The highest BCUT2D eigenvalue weighted by molar-refractivity contribution is 5.96. The molecule has 0 amide bonds. The molecule has 1 aromatic heterocycles. The number of carbonyl (C=O) groups is 1. The summed E-state index contributed by atoms with van der Waals surface area (Å²) in [5.74, 6) is 0.834. The SMILES string of the molecule is COC(=O)c1ccccc1Nc1cc(Nc2c(C)cc(C)cc2C)ncn1. The highest BCUT2D eigenvalue weighted by atomic mass is 16.5. The summed E-state index contributed by atoms with van der Waals surface area (Å²) in [5.41, 5.74) is 5.61. The van der Waals surface area contributed by atoms with E-state index >= 15 is 0 Å². The van der Waals surface area contributed by atoms with Crippen molar-refractivity contribution in [3.63, 3.8) is 0 Å². The molecule has 6 heteroatoms. The number of carbonyl (C=O) groups excluding carboxylic acids is 1. The van der Waals surface area contributed by atoms with E-state index in [0.29, 0.717) is 22.9 Å². The van der Waals surface area contributed by atoms with E-state index in [1.807, 2.05) is 6.07 Å². The maximum absolute atomic E-state index is 11.9. The number of aryl methyl sites for hydroxylation is 3. The lowest BCUT2D eigenvalue weighted by Crippen LogP contribution is -2.06. The van der Waals surface area contributed by atoms with Crippen LogP contribution in [0.25, 0.3) is 0 Å². The van der Waals surface area contributed by atoms with Crippen molar-refractivity contribution in [3.8, 4) is 0 Å².